The molecule has 1 N–H and O–H groups in total. The molecule has 0 radical (unpaired) electrons. The predicted molar refractivity (Wildman–Crippen MR) is 104 cm³/mol. The van der Waals surface area contributed by atoms with E-state index in [1.165, 1.54) is 5.56 Å². The molecule has 0 bridgehead atoms. The molecular formula is C21H23N3O3. The van der Waals surface area contributed by atoms with Crippen molar-refractivity contribution in [3.05, 3.63) is 53.5 Å². The Kier molecular flexibility index (Phi) is 4.48. The van der Waals surface area contributed by atoms with Gasteiger partial charge in [0.2, 0.25) is 5.91 Å². The monoisotopic (exact) mass is 365 g/mol. The zero-order valence-corrected chi connectivity index (χ0v) is 15.8. The van der Waals surface area contributed by atoms with Crippen LogP contribution in [0.4, 0.5) is 5.69 Å². The third-order valence-electron chi connectivity index (χ3n) is 5.15. The fourth-order valence-corrected chi connectivity index (χ4v) is 3.67. The van der Waals surface area contributed by atoms with Crippen LogP contribution in [-0.4, -0.2) is 29.5 Å². The molecule has 0 spiro atoms. The molecule has 1 aliphatic rings. The molecule has 0 saturated carbocycles. The van der Waals surface area contributed by atoms with Crippen molar-refractivity contribution in [2.45, 2.75) is 26.2 Å². The van der Waals surface area contributed by atoms with Gasteiger partial charge in [-0.05, 0) is 43.5 Å². The maximum absolute atomic E-state index is 12.9. The second-order valence-electron chi connectivity index (χ2n) is 6.94. The van der Waals surface area contributed by atoms with Gasteiger partial charge in [-0.1, -0.05) is 6.07 Å². The van der Waals surface area contributed by atoms with E-state index < -0.39 is 0 Å². The Hall–Kier alpha value is -3.02. The molecule has 0 fully saturated rings. The number of carbonyl (C=O) groups excluding carboxylic acids is 1. The Morgan fingerprint density at radius 2 is 2.07 bits per heavy atom. The Labute approximate surface area is 158 Å². The van der Waals surface area contributed by atoms with Crippen molar-refractivity contribution in [1.82, 2.24) is 9.38 Å². The highest BCUT2D eigenvalue weighted by Crippen LogP contribution is 2.31. The number of imidazole rings is 1. The van der Waals surface area contributed by atoms with Crippen LogP contribution in [0.1, 0.15) is 23.4 Å². The van der Waals surface area contributed by atoms with Crippen LogP contribution in [0.15, 0.2) is 36.5 Å². The van der Waals surface area contributed by atoms with Crippen LogP contribution < -0.4 is 14.8 Å². The number of fused-ring (bicyclic) bond motifs is 3. The van der Waals surface area contributed by atoms with Crippen LogP contribution >= 0.6 is 0 Å². The van der Waals surface area contributed by atoms with Crippen molar-refractivity contribution in [1.29, 1.82) is 0 Å². The molecule has 3 aromatic rings. The molecule has 6 heteroatoms. The molecule has 140 valence electrons. The summed E-state index contributed by atoms with van der Waals surface area (Å²) < 4.78 is 12.7. The molecule has 6 nitrogen and oxygen atoms in total. The topological polar surface area (TPSA) is 64.9 Å². The van der Waals surface area contributed by atoms with Gasteiger partial charge in [-0.25, -0.2) is 4.98 Å². The third kappa shape index (κ3) is 3.23. The fraction of sp³-hybridized carbons (Fsp3) is 0.333. The van der Waals surface area contributed by atoms with Crippen molar-refractivity contribution < 1.29 is 14.3 Å². The number of hydrogen-bond donors (Lipinski definition) is 1. The fourth-order valence-electron chi connectivity index (χ4n) is 3.67. The highest BCUT2D eigenvalue weighted by molar-refractivity contribution is 5.94. The number of nitrogens with zero attached hydrogens (tertiary/aromatic N) is 2. The number of nitrogens with one attached hydrogen (secondary N) is 1. The number of hydrogen-bond acceptors (Lipinski definition) is 4. The molecule has 2 heterocycles. The number of aromatic nitrogens is 2. The van der Waals surface area contributed by atoms with Gasteiger partial charge in [0, 0.05) is 30.3 Å². The number of carbonyl (C=O) groups is 1. The average Bonchev–Trinajstić information content (AvgIpc) is 3.05. The van der Waals surface area contributed by atoms with Crippen LogP contribution in [0.5, 0.6) is 11.5 Å². The zero-order chi connectivity index (χ0) is 19.0. The average molecular weight is 365 g/mol. The van der Waals surface area contributed by atoms with Gasteiger partial charge in [-0.15, -0.1) is 0 Å². The van der Waals surface area contributed by atoms with E-state index in [2.05, 4.69) is 28.9 Å². The van der Waals surface area contributed by atoms with Crippen LogP contribution in [0, 0.1) is 12.8 Å². The quantitative estimate of drug-likeness (QED) is 0.770. The van der Waals surface area contributed by atoms with Crippen LogP contribution in [0.2, 0.25) is 0 Å². The number of aryl methyl sites for hydroxylation is 2. The van der Waals surface area contributed by atoms with Gasteiger partial charge >= 0.3 is 0 Å². The Balaban J connectivity index is 1.56. The molecule has 2 aromatic heterocycles. The first-order valence-corrected chi connectivity index (χ1v) is 9.08. The maximum Gasteiger partial charge on any atom is 0.227 e. The molecule has 4 rings (SSSR count). The lowest BCUT2D eigenvalue weighted by Gasteiger charge is -2.22. The summed E-state index contributed by atoms with van der Waals surface area (Å²) in [6.07, 6.45) is 4.38. The van der Waals surface area contributed by atoms with E-state index >= 15 is 0 Å². The van der Waals surface area contributed by atoms with Gasteiger partial charge in [-0.3, -0.25) is 4.79 Å². The molecule has 1 atom stereocenters. The van der Waals surface area contributed by atoms with Crippen LogP contribution in [-0.2, 0) is 17.6 Å². The highest BCUT2D eigenvalue weighted by Gasteiger charge is 2.28. The minimum absolute atomic E-state index is 0.00622. The lowest BCUT2D eigenvalue weighted by atomic mass is 9.89. The van der Waals surface area contributed by atoms with E-state index in [4.69, 9.17) is 14.5 Å². The first-order valence-electron chi connectivity index (χ1n) is 9.08. The number of pyridine rings is 1. The number of methoxy groups -OCH3 is 2. The standard InChI is InChI=1S/C21H23N3O3/c1-13-4-9-20-22-16-7-5-14(10-18(16)24(20)12-13)21(25)23-17-8-6-15(26-2)11-19(17)27-3/h4,6,8-9,11-12,14H,5,7,10H2,1-3H3,(H,23,25). The summed E-state index contributed by atoms with van der Waals surface area (Å²) in [5.41, 5.74) is 5.03. The van der Waals surface area contributed by atoms with Crippen molar-refractivity contribution in [2.24, 2.45) is 5.92 Å². The van der Waals surface area contributed by atoms with Gasteiger partial charge < -0.3 is 19.2 Å². The number of amides is 1. The van der Waals surface area contributed by atoms with Gasteiger partial charge in [0.25, 0.3) is 0 Å². The normalized spacial score (nSPS) is 16.0. The summed E-state index contributed by atoms with van der Waals surface area (Å²) in [6, 6.07) is 9.48. The lowest BCUT2D eigenvalue weighted by Crippen LogP contribution is -2.28. The Morgan fingerprint density at radius 1 is 1.22 bits per heavy atom. The maximum atomic E-state index is 12.9. The third-order valence-corrected chi connectivity index (χ3v) is 5.15. The number of anilines is 1. The van der Waals surface area contributed by atoms with Gasteiger partial charge in [-0.2, -0.15) is 0 Å². The summed E-state index contributed by atoms with van der Waals surface area (Å²) in [7, 11) is 3.18. The summed E-state index contributed by atoms with van der Waals surface area (Å²) in [5.74, 6) is 1.19. The first-order chi connectivity index (χ1) is 13.1. The first kappa shape index (κ1) is 17.4. The summed E-state index contributed by atoms with van der Waals surface area (Å²) >= 11 is 0. The van der Waals surface area contributed by atoms with Crippen molar-refractivity contribution in [2.75, 3.05) is 19.5 Å². The van der Waals surface area contributed by atoms with E-state index in [0.717, 1.165) is 29.9 Å². The number of rotatable bonds is 4. The molecule has 1 unspecified atom stereocenters. The second kappa shape index (κ2) is 6.95. The molecule has 0 saturated heterocycles. The smallest absolute Gasteiger partial charge is 0.227 e. The largest absolute Gasteiger partial charge is 0.497 e. The molecular weight excluding hydrogens is 342 g/mol. The van der Waals surface area contributed by atoms with Gasteiger partial charge in [0.05, 0.1) is 25.6 Å². The summed E-state index contributed by atoms with van der Waals surface area (Å²) in [5, 5.41) is 3.02. The zero-order valence-electron chi connectivity index (χ0n) is 15.8. The van der Waals surface area contributed by atoms with E-state index in [-0.39, 0.29) is 11.8 Å². The predicted octanol–water partition coefficient (Wildman–Crippen LogP) is 3.40. The van der Waals surface area contributed by atoms with E-state index in [1.54, 1.807) is 26.4 Å². The Morgan fingerprint density at radius 3 is 2.85 bits per heavy atom. The second-order valence-corrected chi connectivity index (χ2v) is 6.94. The molecule has 1 amide bonds. The van der Waals surface area contributed by atoms with Crippen LogP contribution in [0.3, 0.4) is 0 Å². The van der Waals surface area contributed by atoms with Crippen molar-refractivity contribution in [3.63, 3.8) is 0 Å². The van der Waals surface area contributed by atoms with Crippen molar-refractivity contribution in [3.8, 4) is 11.5 Å². The summed E-state index contributed by atoms with van der Waals surface area (Å²) in [4.78, 5) is 17.6. The Bertz CT molecular complexity index is 1010. The van der Waals surface area contributed by atoms with E-state index in [1.807, 2.05) is 12.1 Å². The van der Waals surface area contributed by atoms with Crippen LogP contribution in [0.25, 0.3) is 5.65 Å². The summed E-state index contributed by atoms with van der Waals surface area (Å²) in [6.45, 7) is 2.06. The molecule has 1 aromatic carbocycles. The SMILES string of the molecule is COc1ccc(NC(=O)C2CCc3nc4ccc(C)cn4c3C2)c(OC)c1. The van der Waals surface area contributed by atoms with E-state index in [0.29, 0.717) is 23.6 Å². The number of benzene rings is 1. The highest BCUT2D eigenvalue weighted by atomic mass is 16.5. The number of ether oxygens (including phenoxy) is 2. The minimum Gasteiger partial charge on any atom is -0.497 e. The minimum atomic E-state index is -0.0929. The van der Waals surface area contributed by atoms with E-state index in [9.17, 15) is 4.79 Å². The lowest BCUT2D eigenvalue weighted by molar-refractivity contribution is -0.120. The molecule has 0 aliphatic heterocycles. The van der Waals surface area contributed by atoms with Gasteiger partial charge in [0.1, 0.15) is 17.1 Å². The molecule has 1 aliphatic carbocycles. The molecule has 27 heavy (non-hydrogen) atoms. The van der Waals surface area contributed by atoms with Gasteiger partial charge in [0.15, 0.2) is 0 Å². The van der Waals surface area contributed by atoms with Crippen molar-refractivity contribution >= 4 is 17.2 Å².